The number of nitrogens with zero attached hydrogens (tertiary/aromatic N) is 3. The Hall–Kier alpha value is -4.56. The Morgan fingerprint density at radius 3 is 2.20 bits per heavy atom. The summed E-state index contributed by atoms with van der Waals surface area (Å²) in [6, 6.07) is 29.4. The van der Waals surface area contributed by atoms with Crippen molar-refractivity contribution in [1.82, 2.24) is 14.4 Å². The Kier molecular flexibility index (Phi) is 9.58. The van der Waals surface area contributed by atoms with Crippen LogP contribution in [0.15, 0.2) is 91.0 Å². The van der Waals surface area contributed by atoms with E-state index < -0.39 is 11.2 Å². The normalized spacial score (nSPS) is 15.5. The summed E-state index contributed by atoms with van der Waals surface area (Å²) in [5.74, 6) is 0.542. The number of hydrogen-bond donors (Lipinski definition) is 1. The maximum absolute atomic E-state index is 14.7. The average molecular weight is 624 g/mol. The highest BCUT2D eigenvalue weighted by molar-refractivity contribution is 6.01. The van der Waals surface area contributed by atoms with Gasteiger partial charge < -0.3 is 28.9 Å². The lowest BCUT2D eigenvalue weighted by atomic mass is 10.00. The van der Waals surface area contributed by atoms with Gasteiger partial charge in [0.15, 0.2) is 0 Å². The summed E-state index contributed by atoms with van der Waals surface area (Å²) in [5.41, 5.74) is 3.54. The van der Waals surface area contributed by atoms with Crippen molar-refractivity contribution in [2.45, 2.75) is 65.2 Å². The molecule has 0 aliphatic carbocycles. The molecule has 1 atom stereocenters. The molecule has 8 nitrogen and oxygen atoms in total. The summed E-state index contributed by atoms with van der Waals surface area (Å²) < 4.78 is 13.7. The van der Waals surface area contributed by atoms with E-state index in [4.69, 9.17) is 9.47 Å². The molecule has 0 unspecified atom stereocenters. The second kappa shape index (κ2) is 13.4. The van der Waals surface area contributed by atoms with E-state index in [1.807, 2.05) is 111 Å². The molecule has 46 heavy (non-hydrogen) atoms. The summed E-state index contributed by atoms with van der Waals surface area (Å²) in [6.45, 7) is 12.3. The van der Waals surface area contributed by atoms with Crippen LogP contribution in [-0.4, -0.2) is 75.0 Å². The van der Waals surface area contributed by atoms with Gasteiger partial charge >= 0.3 is 6.09 Å². The SMILES string of the molecule is Cc1cc(C(=O)N2CCN(C(=O)OC(C)(C)C)C[C@H]2Cc2ccccc2)c(-c2ccccc2)n1-c1cccc(OCC(C)(C)O)c1. The fourth-order valence-corrected chi connectivity index (χ4v) is 5.82. The van der Waals surface area contributed by atoms with Crippen molar-refractivity contribution in [3.63, 3.8) is 0 Å². The van der Waals surface area contributed by atoms with Crippen LogP contribution in [0.1, 0.15) is 56.2 Å². The zero-order valence-corrected chi connectivity index (χ0v) is 27.7. The monoisotopic (exact) mass is 623 g/mol. The van der Waals surface area contributed by atoms with Crippen LogP contribution in [0.5, 0.6) is 5.75 Å². The van der Waals surface area contributed by atoms with E-state index in [0.717, 1.165) is 28.2 Å². The molecule has 0 spiro atoms. The quantitative estimate of drug-likeness (QED) is 0.231. The molecule has 2 heterocycles. The van der Waals surface area contributed by atoms with Gasteiger partial charge in [-0.25, -0.2) is 4.79 Å². The molecule has 0 saturated carbocycles. The molecule has 4 aromatic rings. The van der Waals surface area contributed by atoms with Gasteiger partial charge in [0.05, 0.1) is 22.9 Å². The van der Waals surface area contributed by atoms with E-state index in [2.05, 4.69) is 16.7 Å². The number of carbonyl (C=O) groups is 2. The molecule has 0 bridgehead atoms. The number of hydrogen-bond acceptors (Lipinski definition) is 5. The second-order valence-corrected chi connectivity index (χ2v) is 13.6. The third-order valence-electron chi connectivity index (χ3n) is 7.84. The summed E-state index contributed by atoms with van der Waals surface area (Å²) in [5, 5.41) is 10.2. The first-order chi connectivity index (χ1) is 21.8. The van der Waals surface area contributed by atoms with Crippen molar-refractivity contribution < 1.29 is 24.2 Å². The zero-order valence-electron chi connectivity index (χ0n) is 27.7. The molecule has 2 amide bonds. The number of aryl methyl sites for hydroxylation is 1. The molecule has 1 fully saturated rings. The molecule has 1 aliphatic heterocycles. The number of amides is 2. The molecule has 1 aromatic heterocycles. The van der Waals surface area contributed by atoms with Crippen molar-refractivity contribution in [3.05, 3.63) is 108 Å². The van der Waals surface area contributed by atoms with Gasteiger partial charge in [-0.05, 0) is 77.3 Å². The summed E-state index contributed by atoms with van der Waals surface area (Å²) in [7, 11) is 0. The van der Waals surface area contributed by atoms with Gasteiger partial charge in [-0.1, -0.05) is 66.7 Å². The Morgan fingerprint density at radius 2 is 1.54 bits per heavy atom. The van der Waals surface area contributed by atoms with Crippen molar-refractivity contribution in [3.8, 4) is 22.7 Å². The fraction of sp³-hybridized carbons (Fsp3) is 0.368. The number of ether oxygens (including phenoxy) is 2. The van der Waals surface area contributed by atoms with Gasteiger partial charge in [0.1, 0.15) is 18.0 Å². The Morgan fingerprint density at radius 1 is 0.870 bits per heavy atom. The smallest absolute Gasteiger partial charge is 0.410 e. The third-order valence-corrected chi connectivity index (χ3v) is 7.84. The summed E-state index contributed by atoms with van der Waals surface area (Å²) in [6.07, 6.45) is 0.239. The maximum atomic E-state index is 14.7. The predicted octanol–water partition coefficient (Wildman–Crippen LogP) is 6.91. The lowest BCUT2D eigenvalue weighted by Gasteiger charge is -2.42. The largest absolute Gasteiger partial charge is 0.491 e. The highest BCUT2D eigenvalue weighted by Crippen LogP contribution is 2.34. The van der Waals surface area contributed by atoms with Crippen LogP contribution in [0.3, 0.4) is 0 Å². The zero-order chi connectivity index (χ0) is 33.1. The maximum Gasteiger partial charge on any atom is 0.410 e. The molecular weight excluding hydrogens is 578 g/mol. The van der Waals surface area contributed by atoms with E-state index >= 15 is 0 Å². The first kappa shape index (κ1) is 32.8. The molecule has 1 saturated heterocycles. The van der Waals surface area contributed by atoms with Crippen molar-refractivity contribution >= 4 is 12.0 Å². The topological polar surface area (TPSA) is 84.2 Å². The molecule has 0 radical (unpaired) electrons. The molecule has 8 heteroatoms. The van der Waals surface area contributed by atoms with Gasteiger partial charge in [-0.3, -0.25) is 4.79 Å². The van der Waals surface area contributed by atoms with Crippen LogP contribution in [0.2, 0.25) is 0 Å². The van der Waals surface area contributed by atoms with Gasteiger partial charge in [0, 0.05) is 37.1 Å². The van der Waals surface area contributed by atoms with E-state index in [1.165, 1.54) is 0 Å². The molecule has 1 N–H and O–H groups in total. The predicted molar refractivity (Wildman–Crippen MR) is 181 cm³/mol. The molecule has 5 rings (SSSR count). The number of aromatic nitrogens is 1. The molecule has 3 aromatic carbocycles. The first-order valence-electron chi connectivity index (χ1n) is 15.9. The first-order valence-corrected chi connectivity index (χ1v) is 15.9. The average Bonchev–Trinajstić information content (AvgIpc) is 3.36. The van der Waals surface area contributed by atoms with Crippen LogP contribution in [0.4, 0.5) is 4.79 Å². The van der Waals surface area contributed by atoms with Crippen LogP contribution in [0, 0.1) is 6.92 Å². The Bertz CT molecular complexity index is 1650. The van der Waals surface area contributed by atoms with Crippen LogP contribution >= 0.6 is 0 Å². The minimum Gasteiger partial charge on any atom is -0.491 e. The Labute approximate surface area is 272 Å². The van der Waals surface area contributed by atoms with Crippen LogP contribution < -0.4 is 4.74 Å². The number of piperazine rings is 1. The molecular formula is C38H45N3O5. The van der Waals surface area contributed by atoms with Gasteiger partial charge in [0.2, 0.25) is 0 Å². The second-order valence-electron chi connectivity index (χ2n) is 13.6. The fourth-order valence-electron chi connectivity index (χ4n) is 5.82. The summed E-state index contributed by atoms with van der Waals surface area (Å²) in [4.78, 5) is 31.4. The van der Waals surface area contributed by atoms with E-state index in [0.29, 0.717) is 37.4 Å². The Balaban J connectivity index is 1.53. The highest BCUT2D eigenvalue weighted by atomic mass is 16.6. The van der Waals surface area contributed by atoms with E-state index in [1.54, 1.807) is 18.7 Å². The number of rotatable bonds is 8. The van der Waals surface area contributed by atoms with Crippen LogP contribution in [-0.2, 0) is 11.2 Å². The molecule has 1 aliphatic rings. The number of benzene rings is 3. The number of carbonyl (C=O) groups excluding carboxylic acids is 2. The summed E-state index contributed by atoms with van der Waals surface area (Å²) >= 11 is 0. The standard InChI is InChI=1S/C38H45N3O5/c1-27-22-33(34(29-16-11-8-12-17-29)41(27)30-18-13-19-32(24-30)45-26-38(5,6)44)35(42)40-21-20-39(36(43)46-37(2,3)4)25-31(40)23-28-14-9-7-10-15-28/h7-19,22,24,31,44H,20-21,23,25-26H2,1-6H3/t31-/m1/s1. The van der Waals surface area contributed by atoms with Gasteiger partial charge in [0.25, 0.3) is 5.91 Å². The minimum absolute atomic E-state index is 0.0834. The number of aliphatic hydroxyl groups is 1. The van der Waals surface area contributed by atoms with E-state index in [9.17, 15) is 14.7 Å². The lowest BCUT2D eigenvalue weighted by molar-refractivity contribution is 0.00440. The lowest BCUT2D eigenvalue weighted by Crippen LogP contribution is -2.57. The van der Waals surface area contributed by atoms with E-state index in [-0.39, 0.29) is 24.6 Å². The van der Waals surface area contributed by atoms with Crippen molar-refractivity contribution in [2.24, 2.45) is 0 Å². The highest BCUT2D eigenvalue weighted by Gasteiger charge is 2.36. The van der Waals surface area contributed by atoms with Crippen molar-refractivity contribution in [2.75, 3.05) is 26.2 Å². The molecule has 242 valence electrons. The van der Waals surface area contributed by atoms with Gasteiger partial charge in [-0.15, -0.1) is 0 Å². The minimum atomic E-state index is -0.974. The van der Waals surface area contributed by atoms with Gasteiger partial charge in [-0.2, -0.15) is 0 Å². The van der Waals surface area contributed by atoms with Crippen LogP contribution in [0.25, 0.3) is 16.9 Å². The van der Waals surface area contributed by atoms with Crippen molar-refractivity contribution in [1.29, 1.82) is 0 Å². The third kappa shape index (κ3) is 7.98.